The first kappa shape index (κ1) is 10.5. The minimum absolute atomic E-state index is 0.0283. The molecule has 13 heavy (non-hydrogen) atoms. The molecule has 0 bridgehead atoms. The first-order valence-corrected chi connectivity index (χ1v) is 5.07. The fraction of sp³-hybridized carbons (Fsp3) is 0.455. The average Bonchev–Trinajstić information content (AvgIpc) is 2.15. The number of hydrogen-bond donors (Lipinski definition) is 0. The van der Waals surface area contributed by atoms with E-state index in [0.29, 0.717) is 0 Å². The maximum Gasteiger partial charge on any atom is 0.123 e. The van der Waals surface area contributed by atoms with Crippen LogP contribution in [0, 0.1) is 5.82 Å². The molecule has 0 nitrogen and oxygen atoms in total. The first-order valence-electron chi connectivity index (χ1n) is 4.63. The summed E-state index contributed by atoms with van der Waals surface area (Å²) in [5, 5.41) is 0.0283. The molecule has 1 unspecified atom stereocenters. The van der Waals surface area contributed by atoms with Gasteiger partial charge in [0, 0.05) is 0 Å². The number of unbranched alkanes of at least 4 members (excludes halogenated alkanes) is 1. The van der Waals surface area contributed by atoms with Crippen LogP contribution in [0.2, 0.25) is 0 Å². The lowest BCUT2D eigenvalue weighted by atomic mass is 10.1. The Labute approximate surface area is 83.7 Å². The Hall–Kier alpha value is -0.560. The van der Waals surface area contributed by atoms with E-state index in [1.165, 1.54) is 12.1 Å². The summed E-state index contributed by atoms with van der Waals surface area (Å²) in [7, 11) is 0. The van der Waals surface area contributed by atoms with Crippen LogP contribution < -0.4 is 0 Å². The molecule has 0 N–H and O–H groups in total. The molecule has 72 valence electrons. The molecule has 0 aliphatic carbocycles. The SMILES string of the molecule is CCCCC(Cl)c1ccc(F)cc1. The van der Waals surface area contributed by atoms with Crippen molar-refractivity contribution in [2.45, 2.75) is 31.6 Å². The van der Waals surface area contributed by atoms with Gasteiger partial charge in [-0.1, -0.05) is 31.9 Å². The second-order valence-electron chi connectivity index (χ2n) is 3.16. The Morgan fingerprint density at radius 2 is 1.92 bits per heavy atom. The van der Waals surface area contributed by atoms with E-state index in [4.69, 9.17) is 11.6 Å². The summed E-state index contributed by atoms with van der Waals surface area (Å²) in [5.74, 6) is -0.205. The molecule has 0 radical (unpaired) electrons. The van der Waals surface area contributed by atoms with Gasteiger partial charge in [0.15, 0.2) is 0 Å². The molecule has 1 atom stereocenters. The Bertz CT molecular complexity index is 243. The molecule has 0 aliphatic rings. The molecule has 0 amide bonds. The van der Waals surface area contributed by atoms with Gasteiger partial charge in [0.1, 0.15) is 5.82 Å². The van der Waals surface area contributed by atoms with Gasteiger partial charge < -0.3 is 0 Å². The van der Waals surface area contributed by atoms with Crippen LogP contribution >= 0.6 is 11.6 Å². The van der Waals surface area contributed by atoms with Gasteiger partial charge in [-0.3, -0.25) is 0 Å². The molecular formula is C11H14ClF. The molecule has 1 aromatic rings. The van der Waals surface area contributed by atoms with E-state index in [-0.39, 0.29) is 11.2 Å². The Balaban J connectivity index is 2.55. The van der Waals surface area contributed by atoms with E-state index in [1.807, 2.05) is 0 Å². The number of benzene rings is 1. The highest BCUT2D eigenvalue weighted by atomic mass is 35.5. The smallest absolute Gasteiger partial charge is 0.123 e. The lowest BCUT2D eigenvalue weighted by molar-refractivity contribution is 0.625. The lowest BCUT2D eigenvalue weighted by Gasteiger charge is -2.08. The molecule has 0 saturated carbocycles. The van der Waals surface area contributed by atoms with Gasteiger partial charge in [-0.05, 0) is 24.1 Å². The summed E-state index contributed by atoms with van der Waals surface area (Å²) in [5.41, 5.74) is 1.01. The summed E-state index contributed by atoms with van der Waals surface area (Å²) < 4.78 is 12.6. The monoisotopic (exact) mass is 200 g/mol. The first-order chi connectivity index (χ1) is 6.24. The van der Waals surface area contributed by atoms with Crippen molar-refractivity contribution >= 4 is 11.6 Å². The zero-order valence-corrected chi connectivity index (χ0v) is 8.52. The van der Waals surface area contributed by atoms with Gasteiger partial charge in [-0.15, -0.1) is 11.6 Å². The zero-order chi connectivity index (χ0) is 9.68. The Morgan fingerprint density at radius 3 is 2.46 bits per heavy atom. The summed E-state index contributed by atoms with van der Waals surface area (Å²) in [6, 6.07) is 6.42. The number of alkyl halides is 1. The van der Waals surface area contributed by atoms with Crippen molar-refractivity contribution in [3.8, 4) is 0 Å². The van der Waals surface area contributed by atoms with E-state index in [0.717, 1.165) is 24.8 Å². The van der Waals surface area contributed by atoms with Crippen LogP contribution in [0.3, 0.4) is 0 Å². The minimum atomic E-state index is -0.205. The molecule has 0 aromatic heterocycles. The van der Waals surface area contributed by atoms with E-state index in [9.17, 15) is 4.39 Å². The van der Waals surface area contributed by atoms with Gasteiger partial charge in [-0.2, -0.15) is 0 Å². The second-order valence-corrected chi connectivity index (χ2v) is 3.69. The van der Waals surface area contributed by atoms with Gasteiger partial charge in [0.25, 0.3) is 0 Å². The molecule has 0 fully saturated rings. The molecule has 0 spiro atoms. The standard InChI is InChI=1S/C11H14ClF/c1-2-3-4-11(12)9-5-7-10(13)8-6-9/h5-8,11H,2-4H2,1H3. The van der Waals surface area contributed by atoms with Crippen LogP contribution in [0.4, 0.5) is 4.39 Å². The summed E-state index contributed by atoms with van der Waals surface area (Å²) in [6.07, 6.45) is 3.22. The number of hydrogen-bond acceptors (Lipinski definition) is 0. The number of rotatable bonds is 4. The van der Waals surface area contributed by atoms with Crippen molar-refractivity contribution in [1.82, 2.24) is 0 Å². The van der Waals surface area contributed by atoms with Gasteiger partial charge in [0.2, 0.25) is 0 Å². The normalized spacial score (nSPS) is 12.8. The van der Waals surface area contributed by atoms with Gasteiger partial charge >= 0.3 is 0 Å². The van der Waals surface area contributed by atoms with Crippen molar-refractivity contribution in [3.63, 3.8) is 0 Å². The van der Waals surface area contributed by atoms with Crippen LogP contribution in [0.5, 0.6) is 0 Å². The van der Waals surface area contributed by atoms with E-state index < -0.39 is 0 Å². The van der Waals surface area contributed by atoms with Gasteiger partial charge in [0.05, 0.1) is 5.38 Å². The molecular weight excluding hydrogens is 187 g/mol. The van der Waals surface area contributed by atoms with Crippen LogP contribution in [-0.4, -0.2) is 0 Å². The second kappa shape index (κ2) is 5.23. The molecule has 2 heteroatoms. The fourth-order valence-electron chi connectivity index (χ4n) is 1.22. The van der Waals surface area contributed by atoms with Crippen LogP contribution in [0.25, 0.3) is 0 Å². The summed E-state index contributed by atoms with van der Waals surface area (Å²) >= 11 is 6.11. The summed E-state index contributed by atoms with van der Waals surface area (Å²) in [4.78, 5) is 0. The summed E-state index contributed by atoms with van der Waals surface area (Å²) in [6.45, 7) is 2.13. The third-order valence-corrected chi connectivity index (χ3v) is 2.51. The molecule has 0 heterocycles. The van der Waals surface area contributed by atoms with Crippen LogP contribution in [0.15, 0.2) is 24.3 Å². The van der Waals surface area contributed by atoms with Crippen molar-refractivity contribution < 1.29 is 4.39 Å². The number of halogens is 2. The fourth-order valence-corrected chi connectivity index (χ4v) is 1.52. The Kier molecular flexibility index (Phi) is 4.23. The lowest BCUT2D eigenvalue weighted by Crippen LogP contribution is -1.90. The Morgan fingerprint density at radius 1 is 1.31 bits per heavy atom. The van der Waals surface area contributed by atoms with Crippen molar-refractivity contribution in [2.75, 3.05) is 0 Å². The topological polar surface area (TPSA) is 0 Å². The van der Waals surface area contributed by atoms with Crippen molar-refractivity contribution in [3.05, 3.63) is 35.6 Å². The largest absolute Gasteiger partial charge is 0.207 e. The van der Waals surface area contributed by atoms with Crippen molar-refractivity contribution in [1.29, 1.82) is 0 Å². The van der Waals surface area contributed by atoms with Crippen LogP contribution in [-0.2, 0) is 0 Å². The van der Waals surface area contributed by atoms with Crippen LogP contribution in [0.1, 0.15) is 37.1 Å². The van der Waals surface area contributed by atoms with E-state index in [2.05, 4.69) is 6.92 Å². The maximum atomic E-state index is 12.6. The molecule has 0 saturated heterocycles. The molecule has 0 aliphatic heterocycles. The van der Waals surface area contributed by atoms with E-state index >= 15 is 0 Å². The van der Waals surface area contributed by atoms with Gasteiger partial charge in [-0.25, -0.2) is 4.39 Å². The predicted molar refractivity (Wildman–Crippen MR) is 54.5 cm³/mol. The predicted octanol–water partition coefficient (Wildman–Crippen LogP) is 4.30. The molecule has 1 aromatic carbocycles. The quantitative estimate of drug-likeness (QED) is 0.636. The zero-order valence-electron chi connectivity index (χ0n) is 7.76. The highest BCUT2D eigenvalue weighted by molar-refractivity contribution is 6.20. The average molecular weight is 201 g/mol. The van der Waals surface area contributed by atoms with E-state index in [1.54, 1.807) is 12.1 Å². The highest BCUT2D eigenvalue weighted by Gasteiger charge is 2.06. The third-order valence-electron chi connectivity index (χ3n) is 2.04. The third kappa shape index (κ3) is 3.35. The van der Waals surface area contributed by atoms with Crippen molar-refractivity contribution in [2.24, 2.45) is 0 Å². The maximum absolute atomic E-state index is 12.6. The highest BCUT2D eigenvalue weighted by Crippen LogP contribution is 2.25. The molecule has 1 rings (SSSR count). The minimum Gasteiger partial charge on any atom is -0.207 e.